The maximum Gasteiger partial charge on any atom is 0.416 e. The minimum absolute atomic E-state index is 0.0638. The molecule has 0 spiro atoms. The van der Waals surface area contributed by atoms with Crippen LogP contribution in [-0.4, -0.2) is 19.1 Å². The number of amides is 1. The van der Waals surface area contributed by atoms with Gasteiger partial charge in [0.25, 0.3) is 0 Å². The van der Waals surface area contributed by atoms with Gasteiger partial charge in [0, 0.05) is 6.54 Å². The van der Waals surface area contributed by atoms with Crippen molar-refractivity contribution in [2.24, 2.45) is 0 Å². The van der Waals surface area contributed by atoms with Crippen LogP contribution in [0.15, 0.2) is 24.3 Å². The minimum Gasteiger partial charge on any atom is -0.364 e. The van der Waals surface area contributed by atoms with E-state index < -0.39 is 11.7 Å². The summed E-state index contributed by atoms with van der Waals surface area (Å²) < 4.78 is 42.5. The van der Waals surface area contributed by atoms with Crippen LogP contribution in [0.2, 0.25) is 0 Å². The standard InChI is InChI=1S/C12H12F3NO2/c13-12(14,15)9-3-1-8(2-4-9)10-5-6-16-11(17)7-18-10/h1-4,10H,5-7H2,(H,16,17). The van der Waals surface area contributed by atoms with Gasteiger partial charge in [0.1, 0.15) is 6.61 Å². The van der Waals surface area contributed by atoms with E-state index >= 15 is 0 Å². The Bertz CT molecular complexity index is 428. The van der Waals surface area contributed by atoms with Crippen molar-refractivity contribution < 1.29 is 22.7 Å². The number of alkyl halides is 3. The van der Waals surface area contributed by atoms with Crippen molar-refractivity contribution in [2.45, 2.75) is 18.7 Å². The third-order valence-electron chi connectivity index (χ3n) is 2.75. The average molecular weight is 259 g/mol. The van der Waals surface area contributed by atoms with Crippen LogP contribution >= 0.6 is 0 Å². The Hall–Kier alpha value is -1.56. The van der Waals surface area contributed by atoms with Gasteiger partial charge in [-0.2, -0.15) is 13.2 Å². The van der Waals surface area contributed by atoms with Crippen LogP contribution in [0.4, 0.5) is 13.2 Å². The summed E-state index contributed by atoms with van der Waals surface area (Å²) in [5, 5.41) is 2.64. The van der Waals surface area contributed by atoms with Gasteiger partial charge in [-0.25, -0.2) is 0 Å². The second-order valence-electron chi connectivity index (χ2n) is 4.06. The molecule has 1 aromatic rings. The van der Waals surface area contributed by atoms with E-state index in [0.717, 1.165) is 12.1 Å². The topological polar surface area (TPSA) is 38.3 Å². The van der Waals surface area contributed by atoms with Gasteiger partial charge in [-0.05, 0) is 24.1 Å². The van der Waals surface area contributed by atoms with E-state index in [0.29, 0.717) is 18.5 Å². The molecule has 1 amide bonds. The van der Waals surface area contributed by atoms with Gasteiger partial charge in [0.2, 0.25) is 5.91 Å². The summed E-state index contributed by atoms with van der Waals surface area (Å²) in [6.07, 6.45) is -4.12. The molecule has 0 aromatic heterocycles. The molecule has 1 fully saturated rings. The lowest BCUT2D eigenvalue weighted by molar-refractivity contribution is -0.137. The number of halogens is 3. The van der Waals surface area contributed by atoms with Crippen LogP contribution < -0.4 is 5.32 Å². The van der Waals surface area contributed by atoms with Crippen molar-refractivity contribution in [3.05, 3.63) is 35.4 Å². The average Bonchev–Trinajstić information content (AvgIpc) is 2.53. The van der Waals surface area contributed by atoms with Gasteiger partial charge in [-0.15, -0.1) is 0 Å². The molecule has 0 aliphatic carbocycles. The molecule has 1 atom stereocenters. The number of ether oxygens (including phenoxy) is 1. The van der Waals surface area contributed by atoms with Crippen LogP contribution in [0.1, 0.15) is 23.7 Å². The molecular weight excluding hydrogens is 247 g/mol. The lowest BCUT2D eigenvalue weighted by Crippen LogP contribution is -2.24. The summed E-state index contributed by atoms with van der Waals surface area (Å²) in [5.41, 5.74) is -0.0337. The van der Waals surface area contributed by atoms with Gasteiger partial charge >= 0.3 is 6.18 Å². The number of rotatable bonds is 1. The first-order valence-electron chi connectivity index (χ1n) is 5.52. The number of hydrogen-bond acceptors (Lipinski definition) is 2. The van der Waals surface area contributed by atoms with Gasteiger partial charge in [-0.3, -0.25) is 4.79 Å². The Morgan fingerprint density at radius 3 is 2.50 bits per heavy atom. The van der Waals surface area contributed by atoms with Crippen LogP contribution in [0.3, 0.4) is 0 Å². The van der Waals surface area contributed by atoms with Crippen LogP contribution in [0, 0.1) is 0 Å². The molecule has 1 aliphatic rings. The number of hydrogen-bond donors (Lipinski definition) is 1. The third-order valence-corrected chi connectivity index (χ3v) is 2.75. The second-order valence-corrected chi connectivity index (χ2v) is 4.06. The zero-order valence-electron chi connectivity index (χ0n) is 9.46. The van der Waals surface area contributed by atoms with Gasteiger partial charge in [-0.1, -0.05) is 12.1 Å². The maximum atomic E-state index is 12.4. The molecule has 1 aromatic carbocycles. The summed E-state index contributed by atoms with van der Waals surface area (Å²) in [5.74, 6) is -0.204. The van der Waals surface area contributed by atoms with Crippen LogP contribution in [-0.2, 0) is 15.7 Å². The first-order valence-corrected chi connectivity index (χ1v) is 5.52. The molecule has 6 heteroatoms. The normalized spacial score (nSPS) is 21.3. The summed E-state index contributed by atoms with van der Waals surface area (Å²) in [4.78, 5) is 11.1. The van der Waals surface area contributed by atoms with Crippen molar-refractivity contribution >= 4 is 5.91 Å². The summed E-state index contributed by atoms with van der Waals surface area (Å²) >= 11 is 0. The summed E-state index contributed by atoms with van der Waals surface area (Å²) in [7, 11) is 0. The van der Waals surface area contributed by atoms with E-state index in [-0.39, 0.29) is 18.6 Å². The quantitative estimate of drug-likeness (QED) is 0.840. The van der Waals surface area contributed by atoms with E-state index in [2.05, 4.69) is 5.32 Å². The predicted octanol–water partition coefficient (Wildman–Crippen LogP) is 2.28. The second kappa shape index (κ2) is 4.97. The lowest BCUT2D eigenvalue weighted by Gasteiger charge is -2.15. The monoisotopic (exact) mass is 259 g/mol. The highest BCUT2D eigenvalue weighted by Gasteiger charge is 2.30. The van der Waals surface area contributed by atoms with Gasteiger partial charge < -0.3 is 10.1 Å². The molecule has 3 nitrogen and oxygen atoms in total. The summed E-state index contributed by atoms with van der Waals surface area (Å²) in [6.45, 7) is 0.399. The molecule has 1 heterocycles. The fourth-order valence-corrected chi connectivity index (χ4v) is 1.80. The highest BCUT2D eigenvalue weighted by molar-refractivity contribution is 5.77. The fourth-order valence-electron chi connectivity index (χ4n) is 1.80. The molecule has 1 unspecified atom stereocenters. The maximum absolute atomic E-state index is 12.4. The van der Waals surface area contributed by atoms with Gasteiger partial charge in [0.15, 0.2) is 0 Å². The number of benzene rings is 1. The van der Waals surface area contributed by atoms with E-state index in [1.54, 1.807) is 0 Å². The van der Waals surface area contributed by atoms with Crippen LogP contribution in [0.25, 0.3) is 0 Å². The molecule has 1 N–H and O–H groups in total. The fraction of sp³-hybridized carbons (Fsp3) is 0.417. The molecule has 2 rings (SSSR count). The largest absolute Gasteiger partial charge is 0.416 e. The van der Waals surface area contributed by atoms with Crippen molar-refractivity contribution in [1.82, 2.24) is 5.32 Å². The Kier molecular flexibility index (Phi) is 3.56. The van der Waals surface area contributed by atoms with E-state index in [9.17, 15) is 18.0 Å². The Balaban J connectivity index is 2.11. The minimum atomic E-state index is -4.33. The molecule has 0 bridgehead atoms. The Morgan fingerprint density at radius 2 is 1.89 bits per heavy atom. The van der Waals surface area contributed by atoms with E-state index in [1.165, 1.54) is 12.1 Å². The van der Waals surface area contributed by atoms with Crippen molar-refractivity contribution in [3.8, 4) is 0 Å². The van der Waals surface area contributed by atoms with Crippen molar-refractivity contribution in [3.63, 3.8) is 0 Å². The molecule has 18 heavy (non-hydrogen) atoms. The zero-order chi connectivity index (χ0) is 13.2. The third kappa shape index (κ3) is 3.01. The number of nitrogens with one attached hydrogen (secondary N) is 1. The first-order chi connectivity index (χ1) is 8.47. The van der Waals surface area contributed by atoms with Crippen molar-refractivity contribution in [2.75, 3.05) is 13.2 Å². The number of carbonyl (C=O) groups is 1. The Labute approximate surface area is 102 Å². The van der Waals surface area contributed by atoms with E-state index in [1.807, 2.05) is 0 Å². The van der Waals surface area contributed by atoms with Gasteiger partial charge in [0.05, 0.1) is 11.7 Å². The molecular formula is C12H12F3NO2. The number of carbonyl (C=O) groups excluding carboxylic acids is 1. The highest BCUT2D eigenvalue weighted by atomic mass is 19.4. The molecule has 0 radical (unpaired) electrons. The zero-order valence-corrected chi connectivity index (χ0v) is 9.46. The lowest BCUT2D eigenvalue weighted by atomic mass is 10.0. The molecule has 0 saturated carbocycles. The molecule has 1 aliphatic heterocycles. The molecule has 98 valence electrons. The molecule has 1 saturated heterocycles. The first kappa shape index (κ1) is 12.9. The summed E-state index contributed by atoms with van der Waals surface area (Å²) in [6, 6.07) is 4.84. The predicted molar refractivity (Wildman–Crippen MR) is 57.8 cm³/mol. The SMILES string of the molecule is O=C1COC(c2ccc(C(F)(F)F)cc2)CCN1. The van der Waals surface area contributed by atoms with Crippen molar-refractivity contribution in [1.29, 1.82) is 0 Å². The van der Waals surface area contributed by atoms with Crippen LogP contribution in [0.5, 0.6) is 0 Å². The van der Waals surface area contributed by atoms with E-state index in [4.69, 9.17) is 4.74 Å². The smallest absolute Gasteiger partial charge is 0.364 e. The Morgan fingerprint density at radius 1 is 1.22 bits per heavy atom. The highest BCUT2D eigenvalue weighted by Crippen LogP contribution is 2.31.